The highest BCUT2D eigenvalue weighted by atomic mass is 32.2. The van der Waals surface area contributed by atoms with Gasteiger partial charge in [0.1, 0.15) is 0 Å². The number of aryl methyl sites for hydroxylation is 1. The van der Waals surface area contributed by atoms with Crippen LogP contribution in [0.15, 0.2) is 47.9 Å². The summed E-state index contributed by atoms with van der Waals surface area (Å²) in [5, 5.41) is 3.47. The van der Waals surface area contributed by atoms with E-state index < -0.39 is 0 Å². The molecule has 3 nitrogen and oxygen atoms in total. The Morgan fingerprint density at radius 3 is 3.00 bits per heavy atom. The van der Waals surface area contributed by atoms with Crippen molar-refractivity contribution >= 4 is 17.4 Å². The molecule has 0 saturated heterocycles. The number of nitrogens with one attached hydrogen (secondary N) is 1. The SMILES string of the molecule is CSc1ccccc1NCCCn1ccnc1. The molecule has 0 aliphatic rings. The van der Waals surface area contributed by atoms with Gasteiger partial charge in [-0.05, 0) is 24.8 Å². The third-order valence-electron chi connectivity index (χ3n) is 2.57. The van der Waals surface area contributed by atoms with Crippen LogP contribution in [0, 0.1) is 0 Å². The number of aromatic nitrogens is 2. The molecule has 0 amide bonds. The molecule has 0 saturated carbocycles. The van der Waals surface area contributed by atoms with Crippen LogP contribution >= 0.6 is 11.8 Å². The summed E-state index contributed by atoms with van der Waals surface area (Å²) in [4.78, 5) is 5.33. The van der Waals surface area contributed by atoms with Gasteiger partial charge in [0, 0.05) is 36.1 Å². The Bertz CT molecular complexity index is 440. The van der Waals surface area contributed by atoms with Crippen LogP contribution in [-0.4, -0.2) is 22.4 Å². The molecule has 0 fully saturated rings. The van der Waals surface area contributed by atoms with Crippen LogP contribution in [0.4, 0.5) is 5.69 Å². The van der Waals surface area contributed by atoms with E-state index in [1.807, 2.05) is 18.7 Å². The summed E-state index contributed by atoms with van der Waals surface area (Å²) in [6, 6.07) is 8.41. The van der Waals surface area contributed by atoms with Gasteiger partial charge in [-0.15, -0.1) is 11.8 Å². The maximum Gasteiger partial charge on any atom is 0.0945 e. The Hall–Kier alpha value is -1.42. The lowest BCUT2D eigenvalue weighted by molar-refractivity contribution is 0.660. The second-order valence-electron chi connectivity index (χ2n) is 3.78. The van der Waals surface area contributed by atoms with E-state index in [4.69, 9.17) is 0 Å². The molecule has 0 aliphatic carbocycles. The molecule has 17 heavy (non-hydrogen) atoms. The Kier molecular flexibility index (Phi) is 4.50. The third-order valence-corrected chi connectivity index (χ3v) is 3.37. The maximum absolute atomic E-state index is 4.03. The van der Waals surface area contributed by atoms with E-state index in [9.17, 15) is 0 Å². The van der Waals surface area contributed by atoms with Gasteiger partial charge in [-0.2, -0.15) is 0 Å². The van der Waals surface area contributed by atoms with E-state index in [1.165, 1.54) is 10.6 Å². The van der Waals surface area contributed by atoms with Gasteiger partial charge in [0.05, 0.1) is 6.33 Å². The van der Waals surface area contributed by atoms with Crippen LogP contribution in [0.5, 0.6) is 0 Å². The molecule has 0 atom stereocenters. The Morgan fingerprint density at radius 1 is 1.35 bits per heavy atom. The van der Waals surface area contributed by atoms with E-state index >= 15 is 0 Å². The summed E-state index contributed by atoms with van der Waals surface area (Å²) in [7, 11) is 0. The van der Waals surface area contributed by atoms with Crippen molar-refractivity contribution in [2.24, 2.45) is 0 Å². The molecule has 1 N–H and O–H groups in total. The van der Waals surface area contributed by atoms with Crippen molar-refractivity contribution in [3.8, 4) is 0 Å². The fraction of sp³-hybridized carbons (Fsp3) is 0.308. The number of benzene rings is 1. The topological polar surface area (TPSA) is 29.9 Å². The zero-order chi connectivity index (χ0) is 11.9. The number of thioether (sulfide) groups is 1. The number of anilines is 1. The minimum Gasteiger partial charge on any atom is -0.384 e. The van der Waals surface area contributed by atoms with E-state index in [-0.39, 0.29) is 0 Å². The maximum atomic E-state index is 4.03. The molecule has 0 radical (unpaired) electrons. The minimum atomic E-state index is 0.982. The van der Waals surface area contributed by atoms with Crippen LogP contribution in [0.2, 0.25) is 0 Å². The van der Waals surface area contributed by atoms with Crippen molar-refractivity contribution in [3.05, 3.63) is 43.0 Å². The second kappa shape index (κ2) is 6.35. The van der Waals surface area contributed by atoms with Gasteiger partial charge in [-0.3, -0.25) is 0 Å². The summed E-state index contributed by atoms with van der Waals surface area (Å²) < 4.78 is 2.10. The summed E-state index contributed by atoms with van der Waals surface area (Å²) in [6.07, 6.45) is 8.87. The molecule has 0 unspecified atom stereocenters. The number of hydrogen-bond donors (Lipinski definition) is 1. The normalized spacial score (nSPS) is 10.4. The average Bonchev–Trinajstić information content (AvgIpc) is 2.88. The van der Waals surface area contributed by atoms with Crippen molar-refractivity contribution in [2.75, 3.05) is 18.1 Å². The van der Waals surface area contributed by atoms with Gasteiger partial charge in [0.2, 0.25) is 0 Å². The zero-order valence-corrected chi connectivity index (χ0v) is 10.8. The molecular formula is C13H17N3S. The third kappa shape index (κ3) is 3.53. The predicted molar refractivity (Wildman–Crippen MR) is 73.6 cm³/mol. The summed E-state index contributed by atoms with van der Waals surface area (Å²) in [5.74, 6) is 0. The molecule has 0 spiro atoms. The molecule has 4 heteroatoms. The lowest BCUT2D eigenvalue weighted by Crippen LogP contribution is -2.06. The van der Waals surface area contributed by atoms with Gasteiger partial charge in [-0.1, -0.05) is 12.1 Å². The first kappa shape index (κ1) is 12.0. The summed E-state index contributed by atoms with van der Waals surface area (Å²) in [5.41, 5.74) is 1.23. The van der Waals surface area contributed by atoms with E-state index in [2.05, 4.69) is 45.4 Å². The Morgan fingerprint density at radius 2 is 2.24 bits per heavy atom. The van der Waals surface area contributed by atoms with Crippen molar-refractivity contribution in [1.82, 2.24) is 9.55 Å². The number of para-hydroxylation sites is 1. The van der Waals surface area contributed by atoms with Gasteiger partial charge in [0.15, 0.2) is 0 Å². The molecule has 90 valence electrons. The van der Waals surface area contributed by atoms with Crippen molar-refractivity contribution in [3.63, 3.8) is 0 Å². The van der Waals surface area contributed by atoms with Gasteiger partial charge in [0.25, 0.3) is 0 Å². The van der Waals surface area contributed by atoms with E-state index in [0.717, 1.165) is 19.5 Å². The van der Waals surface area contributed by atoms with Crippen LogP contribution in [0.1, 0.15) is 6.42 Å². The lowest BCUT2D eigenvalue weighted by Gasteiger charge is -2.10. The molecule has 1 aromatic heterocycles. The van der Waals surface area contributed by atoms with Gasteiger partial charge < -0.3 is 9.88 Å². The second-order valence-corrected chi connectivity index (χ2v) is 4.63. The van der Waals surface area contributed by atoms with E-state index in [1.54, 1.807) is 11.8 Å². The first-order valence-electron chi connectivity index (χ1n) is 5.73. The first-order valence-corrected chi connectivity index (χ1v) is 6.95. The highest BCUT2D eigenvalue weighted by molar-refractivity contribution is 7.98. The van der Waals surface area contributed by atoms with E-state index in [0.29, 0.717) is 0 Å². The smallest absolute Gasteiger partial charge is 0.0945 e. The molecule has 1 heterocycles. The minimum absolute atomic E-state index is 0.982. The monoisotopic (exact) mass is 247 g/mol. The molecule has 2 aromatic rings. The van der Waals surface area contributed by atoms with Crippen molar-refractivity contribution < 1.29 is 0 Å². The van der Waals surface area contributed by atoms with Crippen molar-refractivity contribution in [2.45, 2.75) is 17.9 Å². The van der Waals surface area contributed by atoms with Crippen molar-refractivity contribution in [1.29, 1.82) is 0 Å². The number of imidazole rings is 1. The highest BCUT2D eigenvalue weighted by Crippen LogP contribution is 2.24. The number of hydrogen-bond acceptors (Lipinski definition) is 3. The average molecular weight is 247 g/mol. The summed E-state index contributed by atoms with van der Waals surface area (Å²) >= 11 is 1.77. The molecule has 1 aromatic carbocycles. The molecular weight excluding hydrogens is 230 g/mol. The van der Waals surface area contributed by atoms with Crippen LogP contribution in [0.3, 0.4) is 0 Å². The summed E-state index contributed by atoms with van der Waals surface area (Å²) in [6.45, 7) is 1.99. The largest absolute Gasteiger partial charge is 0.384 e. The van der Waals surface area contributed by atoms with Gasteiger partial charge >= 0.3 is 0 Å². The van der Waals surface area contributed by atoms with Crippen LogP contribution < -0.4 is 5.32 Å². The zero-order valence-electron chi connectivity index (χ0n) is 9.97. The molecule has 0 aliphatic heterocycles. The number of rotatable bonds is 6. The Balaban J connectivity index is 1.78. The lowest BCUT2D eigenvalue weighted by atomic mass is 10.3. The first-order chi connectivity index (χ1) is 8.40. The predicted octanol–water partition coefficient (Wildman–Crippen LogP) is 3.11. The van der Waals surface area contributed by atoms with Gasteiger partial charge in [-0.25, -0.2) is 4.98 Å². The van der Waals surface area contributed by atoms with Crippen LogP contribution in [-0.2, 0) is 6.54 Å². The number of nitrogens with zero attached hydrogens (tertiary/aromatic N) is 2. The fourth-order valence-electron chi connectivity index (χ4n) is 1.69. The molecule has 2 rings (SSSR count). The quantitative estimate of drug-likeness (QED) is 0.628. The fourth-order valence-corrected chi connectivity index (χ4v) is 2.27. The Labute approximate surface area is 106 Å². The highest BCUT2D eigenvalue weighted by Gasteiger charge is 1.98. The van der Waals surface area contributed by atoms with Crippen LogP contribution in [0.25, 0.3) is 0 Å². The standard InChI is InChI=1S/C13H17N3S/c1-17-13-6-3-2-5-12(13)15-7-4-9-16-10-8-14-11-16/h2-3,5-6,8,10-11,15H,4,7,9H2,1H3. The molecule has 0 bridgehead atoms.